The third-order valence-corrected chi connectivity index (χ3v) is 7.02. The van der Waals surface area contributed by atoms with Crippen molar-refractivity contribution in [2.75, 3.05) is 17.9 Å². The van der Waals surface area contributed by atoms with Crippen molar-refractivity contribution in [3.8, 4) is 0 Å². The van der Waals surface area contributed by atoms with Crippen molar-refractivity contribution in [1.29, 1.82) is 0 Å². The lowest BCUT2D eigenvalue weighted by Gasteiger charge is -2.23. The number of halogens is 1. The zero-order valence-corrected chi connectivity index (χ0v) is 18.4. The zero-order chi connectivity index (χ0) is 21.7. The number of nitrogens with zero attached hydrogens (tertiary/aromatic N) is 2. The number of sulfonamides is 1. The Labute approximate surface area is 182 Å². The van der Waals surface area contributed by atoms with E-state index in [1.807, 2.05) is 18.2 Å². The van der Waals surface area contributed by atoms with Crippen LogP contribution >= 0.6 is 11.6 Å². The van der Waals surface area contributed by atoms with Gasteiger partial charge in [-0.1, -0.05) is 48.0 Å². The molecule has 0 aliphatic carbocycles. The van der Waals surface area contributed by atoms with Gasteiger partial charge in [0.2, 0.25) is 0 Å². The van der Waals surface area contributed by atoms with E-state index >= 15 is 0 Å². The largest absolute Gasteiger partial charge is 0.337 e. The van der Waals surface area contributed by atoms with Crippen LogP contribution in [0.3, 0.4) is 0 Å². The fourth-order valence-corrected chi connectivity index (χ4v) is 4.85. The smallest absolute Gasteiger partial charge is 0.264 e. The van der Waals surface area contributed by atoms with E-state index in [4.69, 9.17) is 11.6 Å². The molecule has 0 aromatic heterocycles. The Morgan fingerprint density at radius 3 is 2.10 bits per heavy atom. The molecular formula is C23H23ClN2O3S. The summed E-state index contributed by atoms with van der Waals surface area (Å²) in [5.41, 5.74) is 1.84. The first kappa shape index (κ1) is 21.9. The van der Waals surface area contributed by atoms with Crippen LogP contribution in [0.4, 0.5) is 5.69 Å². The number of benzene rings is 3. The zero-order valence-electron chi connectivity index (χ0n) is 16.8. The summed E-state index contributed by atoms with van der Waals surface area (Å²) < 4.78 is 27.3. The molecule has 3 rings (SSSR count). The van der Waals surface area contributed by atoms with Gasteiger partial charge in [-0.05, 0) is 55.0 Å². The summed E-state index contributed by atoms with van der Waals surface area (Å²) in [7, 11) is -1.97. The highest BCUT2D eigenvalue weighted by Crippen LogP contribution is 2.24. The summed E-state index contributed by atoms with van der Waals surface area (Å²) in [6, 6.07) is 22.3. The van der Waals surface area contributed by atoms with Gasteiger partial charge in [0.25, 0.3) is 15.9 Å². The predicted molar refractivity (Wildman–Crippen MR) is 120 cm³/mol. The third-order valence-electron chi connectivity index (χ3n) is 4.73. The van der Waals surface area contributed by atoms with Crippen LogP contribution < -0.4 is 4.31 Å². The molecule has 0 heterocycles. The molecule has 1 amide bonds. The van der Waals surface area contributed by atoms with Gasteiger partial charge in [0.1, 0.15) is 0 Å². The van der Waals surface area contributed by atoms with Gasteiger partial charge in [-0.2, -0.15) is 0 Å². The Kier molecular flexibility index (Phi) is 6.80. The van der Waals surface area contributed by atoms with Gasteiger partial charge in [-0.25, -0.2) is 8.42 Å². The summed E-state index contributed by atoms with van der Waals surface area (Å²) in [5, 5.41) is 0.609. The van der Waals surface area contributed by atoms with E-state index in [2.05, 4.69) is 0 Å². The van der Waals surface area contributed by atoms with E-state index < -0.39 is 10.0 Å². The van der Waals surface area contributed by atoms with Crippen molar-refractivity contribution >= 4 is 33.2 Å². The lowest BCUT2D eigenvalue weighted by Crippen LogP contribution is -2.31. The standard InChI is InChI=1S/C23H23ClN2O3S/c1-3-26(30(28,29)21-10-5-4-6-11-21)20-15-13-18(14-16-20)23(27)25(2)17-19-9-7-8-12-22(19)24/h4-16H,3,17H2,1-2H3. The summed E-state index contributed by atoms with van der Waals surface area (Å²) in [4.78, 5) is 14.6. The second-order valence-corrected chi connectivity index (χ2v) is 9.05. The fourth-order valence-electron chi connectivity index (χ4n) is 3.16. The molecule has 0 spiro atoms. The summed E-state index contributed by atoms with van der Waals surface area (Å²) in [6.07, 6.45) is 0. The van der Waals surface area contributed by atoms with E-state index in [-0.39, 0.29) is 17.3 Å². The molecule has 0 bridgehead atoms. The van der Waals surface area contributed by atoms with Crippen molar-refractivity contribution in [1.82, 2.24) is 4.90 Å². The van der Waals surface area contributed by atoms with Crippen LogP contribution in [0.25, 0.3) is 0 Å². The SMILES string of the molecule is CCN(c1ccc(C(=O)N(C)Cc2ccccc2Cl)cc1)S(=O)(=O)c1ccccc1. The highest BCUT2D eigenvalue weighted by Gasteiger charge is 2.23. The normalized spacial score (nSPS) is 11.2. The molecule has 0 saturated carbocycles. The van der Waals surface area contributed by atoms with E-state index in [9.17, 15) is 13.2 Å². The molecule has 0 aliphatic heterocycles. The van der Waals surface area contributed by atoms with Crippen LogP contribution in [0, 0.1) is 0 Å². The lowest BCUT2D eigenvalue weighted by atomic mass is 10.1. The molecule has 7 heteroatoms. The van der Waals surface area contributed by atoms with Crippen LogP contribution in [0.15, 0.2) is 83.8 Å². The van der Waals surface area contributed by atoms with Crippen molar-refractivity contribution in [3.63, 3.8) is 0 Å². The quantitative estimate of drug-likeness (QED) is 0.526. The summed E-state index contributed by atoms with van der Waals surface area (Å²) in [5.74, 6) is -0.171. The molecular weight excluding hydrogens is 420 g/mol. The predicted octanol–water partition coefficient (Wildman–Crippen LogP) is 4.83. The average molecular weight is 443 g/mol. The first-order chi connectivity index (χ1) is 14.3. The number of hydrogen-bond acceptors (Lipinski definition) is 3. The first-order valence-electron chi connectivity index (χ1n) is 9.51. The number of anilines is 1. The maximum atomic E-state index is 13.0. The van der Waals surface area contributed by atoms with E-state index in [0.717, 1.165) is 5.56 Å². The maximum Gasteiger partial charge on any atom is 0.264 e. The molecule has 5 nitrogen and oxygen atoms in total. The Bertz CT molecular complexity index is 1120. The Balaban J connectivity index is 1.79. The van der Waals surface area contributed by atoms with Gasteiger partial charge in [-0.15, -0.1) is 0 Å². The summed E-state index contributed by atoms with van der Waals surface area (Å²) in [6.45, 7) is 2.43. The van der Waals surface area contributed by atoms with Crippen molar-refractivity contribution in [2.24, 2.45) is 0 Å². The van der Waals surface area contributed by atoms with E-state index in [1.54, 1.807) is 79.5 Å². The van der Waals surface area contributed by atoms with Crippen molar-refractivity contribution in [3.05, 3.63) is 95.0 Å². The minimum absolute atomic E-state index is 0.171. The highest BCUT2D eigenvalue weighted by atomic mass is 35.5. The molecule has 0 fully saturated rings. The van der Waals surface area contributed by atoms with Crippen LogP contribution in [0.2, 0.25) is 5.02 Å². The molecule has 30 heavy (non-hydrogen) atoms. The lowest BCUT2D eigenvalue weighted by molar-refractivity contribution is 0.0785. The molecule has 0 saturated heterocycles. The van der Waals surface area contributed by atoms with Crippen LogP contribution in [-0.4, -0.2) is 32.8 Å². The third kappa shape index (κ3) is 4.66. The van der Waals surface area contributed by atoms with Gasteiger partial charge >= 0.3 is 0 Å². The molecule has 156 valence electrons. The maximum absolute atomic E-state index is 13.0. The molecule has 3 aromatic carbocycles. The average Bonchev–Trinajstić information content (AvgIpc) is 2.76. The van der Waals surface area contributed by atoms with Gasteiger partial charge < -0.3 is 4.90 Å². The molecule has 0 unspecified atom stereocenters. The van der Waals surface area contributed by atoms with Gasteiger partial charge in [-0.3, -0.25) is 9.10 Å². The topological polar surface area (TPSA) is 57.7 Å². The van der Waals surface area contributed by atoms with Crippen LogP contribution in [0.5, 0.6) is 0 Å². The van der Waals surface area contributed by atoms with Crippen molar-refractivity contribution < 1.29 is 13.2 Å². The van der Waals surface area contributed by atoms with Crippen molar-refractivity contribution in [2.45, 2.75) is 18.4 Å². The van der Waals surface area contributed by atoms with Gasteiger partial charge in [0.05, 0.1) is 10.6 Å². The molecule has 3 aromatic rings. The molecule has 0 atom stereocenters. The highest BCUT2D eigenvalue weighted by molar-refractivity contribution is 7.92. The second-order valence-electron chi connectivity index (χ2n) is 6.78. The first-order valence-corrected chi connectivity index (χ1v) is 11.3. The van der Waals surface area contributed by atoms with E-state index in [0.29, 0.717) is 22.8 Å². The Hall–Kier alpha value is -2.83. The summed E-state index contributed by atoms with van der Waals surface area (Å²) >= 11 is 6.18. The van der Waals surface area contributed by atoms with Gasteiger partial charge in [0.15, 0.2) is 0 Å². The Morgan fingerprint density at radius 1 is 0.900 bits per heavy atom. The van der Waals surface area contributed by atoms with Crippen LogP contribution in [-0.2, 0) is 16.6 Å². The minimum atomic E-state index is -3.68. The Morgan fingerprint density at radius 2 is 1.50 bits per heavy atom. The van der Waals surface area contributed by atoms with Crippen LogP contribution in [0.1, 0.15) is 22.8 Å². The number of carbonyl (C=O) groups excluding carboxylic acids is 1. The number of rotatable bonds is 7. The second kappa shape index (κ2) is 9.32. The fraction of sp³-hybridized carbons (Fsp3) is 0.174. The van der Waals surface area contributed by atoms with Gasteiger partial charge in [0, 0.05) is 30.7 Å². The molecule has 0 aliphatic rings. The number of amides is 1. The molecule has 0 radical (unpaired) electrons. The number of carbonyl (C=O) groups is 1. The monoisotopic (exact) mass is 442 g/mol. The van der Waals surface area contributed by atoms with E-state index in [1.165, 1.54) is 4.31 Å². The number of hydrogen-bond donors (Lipinski definition) is 0. The molecule has 0 N–H and O–H groups in total. The minimum Gasteiger partial charge on any atom is -0.337 e.